The Morgan fingerprint density at radius 2 is 1.06 bits per heavy atom. The first-order chi connectivity index (χ1) is 14.2. The molecule has 0 rings (SSSR count). The molecule has 0 spiro atoms. The van der Waals surface area contributed by atoms with Crippen LogP contribution in [0.3, 0.4) is 0 Å². The van der Waals surface area contributed by atoms with Crippen molar-refractivity contribution >= 4 is 41.8 Å². The minimum Gasteiger partial charge on any atom is -0.550 e. The van der Waals surface area contributed by atoms with Gasteiger partial charge in [-0.3, -0.25) is 4.79 Å². The van der Waals surface area contributed by atoms with Gasteiger partial charge in [-0.05, 0) is 50.9 Å². The average molecular weight is 549 g/mol. The van der Waals surface area contributed by atoms with Crippen molar-refractivity contribution < 1.29 is 29.3 Å². The zero-order chi connectivity index (χ0) is 23.8. The molecule has 31 heavy (non-hydrogen) atoms. The van der Waals surface area contributed by atoms with Crippen molar-refractivity contribution in [1.82, 2.24) is 0 Å². The summed E-state index contributed by atoms with van der Waals surface area (Å²) in [4.78, 5) is 31.3. The maximum atomic E-state index is 10.7. The van der Waals surface area contributed by atoms with Crippen molar-refractivity contribution in [3.63, 3.8) is 0 Å². The number of carbonyl (C=O) groups is 3. The van der Waals surface area contributed by atoms with Crippen LogP contribution in [0.15, 0.2) is 0 Å². The molecule has 2 radical (unpaired) electrons. The number of carbonyl (C=O) groups excluding carboxylic acids is 3. The third kappa shape index (κ3) is 29.2. The zero-order valence-corrected chi connectivity index (χ0v) is 23.7. The third-order valence-electron chi connectivity index (χ3n) is 4.75. The number of esters is 1. The topological polar surface area (TPSA) is 107 Å². The van der Waals surface area contributed by atoms with Crippen LogP contribution in [0.4, 0.5) is 0 Å². The van der Waals surface area contributed by atoms with Gasteiger partial charge in [0.2, 0.25) is 0 Å². The molecule has 2 unspecified atom stereocenters. The number of aliphatic carboxylic acids is 2. The molecule has 0 fully saturated rings. The number of unbranched alkanes of at least 4 members (excludes halogenated alkanes) is 4. The van der Waals surface area contributed by atoms with Gasteiger partial charge in [-0.25, -0.2) is 0 Å². The van der Waals surface area contributed by atoms with Crippen LogP contribution in [0.1, 0.15) is 119 Å². The number of carboxylic acid groups (broad SMARTS) is 2. The van der Waals surface area contributed by atoms with Crippen molar-refractivity contribution in [3.8, 4) is 0 Å². The van der Waals surface area contributed by atoms with Crippen LogP contribution < -0.4 is 10.2 Å². The molecule has 0 bridgehead atoms. The quantitative estimate of drug-likeness (QED) is 0.175. The Kier molecular flexibility index (Phi) is 35.4. The van der Waals surface area contributed by atoms with E-state index in [0.717, 1.165) is 57.8 Å². The average Bonchev–Trinajstić information content (AvgIpc) is 2.70. The first kappa shape index (κ1) is 37.5. The molecular weight excluding hydrogens is 503 g/mol. The first-order valence-electron chi connectivity index (χ1n) is 11.8. The van der Waals surface area contributed by atoms with Gasteiger partial charge in [0.25, 0.3) is 0 Å². The van der Waals surface area contributed by atoms with E-state index in [4.69, 9.17) is 4.74 Å². The van der Waals surface area contributed by atoms with E-state index in [-0.39, 0.29) is 41.7 Å². The number of ether oxygens (including phenoxy) is 1. The van der Waals surface area contributed by atoms with Gasteiger partial charge in [0.05, 0.1) is 6.61 Å². The summed E-state index contributed by atoms with van der Waals surface area (Å²) in [5.41, 5.74) is 0. The minimum atomic E-state index is -0.893. The Morgan fingerprint density at radius 3 is 1.32 bits per heavy atom. The molecule has 0 aromatic carbocycles. The van der Waals surface area contributed by atoms with Crippen molar-refractivity contribution in [2.45, 2.75) is 119 Å². The maximum absolute atomic E-state index is 10.7. The largest absolute Gasteiger partial charge is 2.00 e. The van der Waals surface area contributed by atoms with Crippen LogP contribution in [-0.2, 0) is 19.1 Å². The second-order valence-corrected chi connectivity index (χ2v) is 7.39. The van der Waals surface area contributed by atoms with Gasteiger partial charge in [-0.2, -0.15) is 0 Å². The van der Waals surface area contributed by atoms with Crippen LogP contribution in [0.5, 0.6) is 0 Å². The molecule has 0 saturated carbocycles. The summed E-state index contributed by atoms with van der Waals surface area (Å²) < 4.78 is 4.75. The molecule has 182 valence electrons. The van der Waals surface area contributed by atoms with Crippen molar-refractivity contribution in [2.75, 3.05) is 6.61 Å². The molecule has 0 N–H and O–H groups in total. The molecule has 0 aliphatic carbocycles. The van der Waals surface area contributed by atoms with Crippen LogP contribution in [-0.4, -0.2) is 48.4 Å². The van der Waals surface area contributed by atoms with E-state index in [2.05, 4.69) is 20.8 Å². The van der Waals surface area contributed by atoms with Gasteiger partial charge in [0, 0.05) is 18.4 Å². The summed E-state index contributed by atoms with van der Waals surface area (Å²) in [5, 5.41) is 20.7. The van der Waals surface area contributed by atoms with Gasteiger partial charge in [0.1, 0.15) is 0 Å². The van der Waals surface area contributed by atoms with E-state index in [0.29, 0.717) is 25.9 Å². The van der Waals surface area contributed by atoms with Gasteiger partial charge in [-0.1, -0.05) is 73.1 Å². The van der Waals surface area contributed by atoms with Gasteiger partial charge in [0.15, 0.2) is 0 Å². The van der Waals surface area contributed by atoms with E-state index < -0.39 is 11.9 Å². The van der Waals surface area contributed by atoms with Crippen LogP contribution >= 0.6 is 0 Å². The fourth-order valence-electron chi connectivity index (χ4n) is 2.63. The summed E-state index contributed by atoms with van der Waals surface area (Å²) in [6.07, 6.45) is 10.9. The van der Waals surface area contributed by atoms with Crippen LogP contribution in [0, 0.1) is 11.8 Å². The number of rotatable bonds is 15. The predicted molar refractivity (Wildman–Crippen MR) is 123 cm³/mol. The molecule has 6 nitrogen and oxygen atoms in total. The van der Waals surface area contributed by atoms with E-state index in [1.165, 1.54) is 0 Å². The van der Waals surface area contributed by atoms with E-state index in [9.17, 15) is 24.6 Å². The molecule has 7 heteroatoms. The van der Waals surface area contributed by atoms with E-state index in [1.807, 2.05) is 20.8 Å². The van der Waals surface area contributed by atoms with Crippen LogP contribution in [0.25, 0.3) is 0 Å². The number of carboxylic acids is 2. The maximum Gasteiger partial charge on any atom is 2.00 e. The fourth-order valence-corrected chi connectivity index (χ4v) is 2.63. The number of hydrogen-bond donors (Lipinski definition) is 0. The molecule has 0 aliphatic heterocycles. The van der Waals surface area contributed by atoms with Crippen molar-refractivity contribution in [3.05, 3.63) is 0 Å². The van der Waals surface area contributed by atoms with E-state index in [1.54, 1.807) is 0 Å². The molecule has 0 aliphatic rings. The fraction of sp³-hybridized carbons (Fsp3) is 0.875. The van der Waals surface area contributed by atoms with Crippen LogP contribution in [0.2, 0.25) is 0 Å². The van der Waals surface area contributed by atoms with Gasteiger partial charge in [-0.15, -0.1) is 0 Å². The zero-order valence-electron chi connectivity index (χ0n) is 20.8. The summed E-state index contributed by atoms with van der Waals surface area (Å²) in [5.74, 6) is -2.29. The van der Waals surface area contributed by atoms with Gasteiger partial charge >= 0.3 is 29.9 Å². The van der Waals surface area contributed by atoms with Gasteiger partial charge < -0.3 is 24.5 Å². The minimum absolute atomic E-state index is 0. The second-order valence-electron chi connectivity index (χ2n) is 7.39. The Bertz CT molecular complexity index is 386. The SMILES string of the molecule is CCCCC(CC)C(=O)[O-].CCCCC(CC)C(=O)[O-].CCCCCC(=O)OCC.[Sn+2]. The normalized spacial score (nSPS) is 11.4. The second kappa shape index (κ2) is 29.2. The monoisotopic (exact) mass is 550 g/mol. The molecule has 2 atom stereocenters. The Labute approximate surface area is 207 Å². The summed E-state index contributed by atoms with van der Waals surface area (Å²) >= 11 is 0. The Hall–Kier alpha value is -0.791. The molecule has 0 saturated heterocycles. The Balaban J connectivity index is -0.000000174. The molecule has 0 aromatic rings. The summed E-state index contributed by atoms with van der Waals surface area (Å²) in [6, 6.07) is 0. The van der Waals surface area contributed by atoms with E-state index >= 15 is 0 Å². The predicted octanol–water partition coefficient (Wildman–Crippen LogP) is 3.65. The summed E-state index contributed by atoms with van der Waals surface area (Å²) in [6.45, 7) is 12.3. The number of hydrogen-bond acceptors (Lipinski definition) is 6. The first-order valence-corrected chi connectivity index (χ1v) is 11.8. The Morgan fingerprint density at radius 1 is 0.677 bits per heavy atom. The molecular formula is C24H46O6Sn. The molecule has 0 heterocycles. The smallest absolute Gasteiger partial charge is 0.550 e. The molecule has 0 aromatic heterocycles. The third-order valence-corrected chi connectivity index (χ3v) is 4.75. The van der Waals surface area contributed by atoms with Crippen molar-refractivity contribution in [2.24, 2.45) is 11.8 Å². The van der Waals surface area contributed by atoms with Crippen molar-refractivity contribution in [1.29, 1.82) is 0 Å². The molecule has 0 amide bonds. The standard InChI is InChI=1S/3C8H16O2.Sn/c1-3-5-6-7-8(9)10-4-2;2*1-3-5-6-7(4-2)8(9)10;/h3-7H2,1-2H3;2*7H,3-6H2,1-2H3,(H,9,10);/q;;;+2/p-2. The summed E-state index contributed by atoms with van der Waals surface area (Å²) in [7, 11) is 0.